The molecule has 0 amide bonds. The Morgan fingerprint density at radius 2 is 0.931 bits per heavy atom. The van der Waals surface area contributed by atoms with E-state index >= 15 is 0 Å². The van der Waals surface area contributed by atoms with Gasteiger partial charge < -0.3 is 27.9 Å². The van der Waals surface area contributed by atoms with Gasteiger partial charge in [0.05, 0.1) is 27.7 Å². The average molecular weight is 828 g/mol. The van der Waals surface area contributed by atoms with Crippen molar-refractivity contribution in [2.75, 3.05) is 47.5 Å². The summed E-state index contributed by atoms with van der Waals surface area (Å²) in [6, 6.07) is 0. The number of allylic oxidation sites excluding steroid dienone is 18. The molecule has 328 valence electrons. The summed E-state index contributed by atoms with van der Waals surface area (Å²) >= 11 is 0. The summed E-state index contributed by atoms with van der Waals surface area (Å²) in [5, 5.41) is 0. The lowest BCUT2D eigenvalue weighted by molar-refractivity contribution is -0.870. The molecule has 0 aromatic carbocycles. The molecule has 0 aliphatic heterocycles. The summed E-state index contributed by atoms with van der Waals surface area (Å²) in [6.07, 6.45) is 52.6. The zero-order valence-electron chi connectivity index (χ0n) is 36.7. The summed E-state index contributed by atoms with van der Waals surface area (Å²) < 4.78 is 33.8. The lowest BCUT2D eigenvalue weighted by atomic mass is 10.1. The van der Waals surface area contributed by atoms with Crippen LogP contribution in [0.4, 0.5) is 0 Å². The maximum atomic E-state index is 12.7. The molecule has 0 rings (SSSR count). The van der Waals surface area contributed by atoms with E-state index in [4.69, 9.17) is 18.5 Å². The number of ether oxygens (including phenoxy) is 2. The topological polar surface area (TPSA) is 111 Å². The van der Waals surface area contributed by atoms with Crippen LogP contribution < -0.4 is 4.89 Å². The zero-order chi connectivity index (χ0) is 42.8. The predicted molar refractivity (Wildman–Crippen MR) is 240 cm³/mol. The number of phosphoric acid groups is 1. The highest BCUT2D eigenvalue weighted by molar-refractivity contribution is 7.45. The molecule has 0 aromatic rings. The van der Waals surface area contributed by atoms with Crippen LogP contribution in [-0.2, 0) is 32.7 Å². The normalized spacial score (nSPS) is 14.7. The fourth-order valence-corrected chi connectivity index (χ4v) is 5.69. The number of likely N-dealkylation sites (N-methyl/N-ethyl adjacent to an activating group) is 1. The highest BCUT2D eigenvalue weighted by Crippen LogP contribution is 2.38. The number of quaternary nitrogens is 1. The number of nitrogens with zero attached hydrogens (tertiary/aromatic N) is 1. The van der Waals surface area contributed by atoms with E-state index in [0.717, 1.165) is 89.9 Å². The van der Waals surface area contributed by atoms with Gasteiger partial charge in [-0.25, -0.2) is 0 Å². The molecule has 0 heterocycles. The molecular formula is C48H78NO8P. The van der Waals surface area contributed by atoms with Crippen LogP contribution in [0.5, 0.6) is 0 Å². The second-order valence-electron chi connectivity index (χ2n) is 14.9. The van der Waals surface area contributed by atoms with Crippen LogP contribution in [0.2, 0.25) is 0 Å². The van der Waals surface area contributed by atoms with Crippen LogP contribution in [0.25, 0.3) is 0 Å². The van der Waals surface area contributed by atoms with Crippen molar-refractivity contribution in [2.45, 2.75) is 136 Å². The van der Waals surface area contributed by atoms with Crippen molar-refractivity contribution in [3.8, 4) is 0 Å². The second-order valence-corrected chi connectivity index (χ2v) is 16.4. The van der Waals surface area contributed by atoms with Gasteiger partial charge in [0, 0.05) is 12.8 Å². The summed E-state index contributed by atoms with van der Waals surface area (Å²) in [5.41, 5.74) is 0. The van der Waals surface area contributed by atoms with Gasteiger partial charge in [-0.1, -0.05) is 130 Å². The van der Waals surface area contributed by atoms with Crippen molar-refractivity contribution in [3.63, 3.8) is 0 Å². The minimum absolute atomic E-state index is 0.0513. The average Bonchev–Trinajstić information content (AvgIpc) is 3.17. The highest BCUT2D eigenvalue weighted by Gasteiger charge is 2.21. The molecule has 1 unspecified atom stereocenters. The lowest BCUT2D eigenvalue weighted by Crippen LogP contribution is -2.37. The summed E-state index contributed by atoms with van der Waals surface area (Å²) in [7, 11) is 1.10. The van der Waals surface area contributed by atoms with Gasteiger partial charge in [-0.2, -0.15) is 0 Å². The number of hydrogen-bond donors (Lipinski definition) is 0. The summed E-state index contributed by atoms with van der Waals surface area (Å²) in [4.78, 5) is 37.5. The fourth-order valence-electron chi connectivity index (χ4n) is 4.96. The van der Waals surface area contributed by atoms with Crippen LogP contribution >= 0.6 is 7.82 Å². The Balaban J connectivity index is 4.53. The van der Waals surface area contributed by atoms with Crippen molar-refractivity contribution < 1.29 is 42.1 Å². The van der Waals surface area contributed by atoms with Gasteiger partial charge in [-0.05, 0) is 96.3 Å². The molecule has 10 heteroatoms. The first-order chi connectivity index (χ1) is 28.0. The molecule has 0 saturated carbocycles. The third kappa shape index (κ3) is 42.3. The van der Waals surface area contributed by atoms with E-state index in [-0.39, 0.29) is 26.1 Å². The first kappa shape index (κ1) is 54.7. The summed E-state index contributed by atoms with van der Waals surface area (Å²) in [5.74, 6) is -0.935. The minimum atomic E-state index is -4.65. The highest BCUT2D eigenvalue weighted by atomic mass is 31.2. The number of esters is 2. The number of rotatable bonds is 37. The number of carbonyl (C=O) groups is 2. The fraction of sp³-hybridized carbons (Fsp3) is 0.583. The van der Waals surface area contributed by atoms with E-state index < -0.39 is 32.5 Å². The van der Waals surface area contributed by atoms with Gasteiger partial charge in [0.1, 0.15) is 19.8 Å². The molecule has 0 spiro atoms. The van der Waals surface area contributed by atoms with E-state index in [2.05, 4.69) is 123 Å². The van der Waals surface area contributed by atoms with E-state index in [9.17, 15) is 19.0 Å². The third-order valence-electron chi connectivity index (χ3n) is 8.29. The molecule has 0 aliphatic rings. The maximum absolute atomic E-state index is 12.7. The smallest absolute Gasteiger partial charge is 0.306 e. The van der Waals surface area contributed by atoms with Gasteiger partial charge in [0.15, 0.2) is 6.10 Å². The van der Waals surface area contributed by atoms with E-state index in [1.54, 1.807) is 0 Å². The minimum Gasteiger partial charge on any atom is -0.756 e. The first-order valence-corrected chi connectivity index (χ1v) is 23.1. The van der Waals surface area contributed by atoms with Crippen molar-refractivity contribution in [1.82, 2.24) is 0 Å². The molecular weight excluding hydrogens is 750 g/mol. The Hall–Kier alpha value is -3.33. The molecule has 9 nitrogen and oxygen atoms in total. The van der Waals surface area contributed by atoms with Crippen LogP contribution in [0.1, 0.15) is 129 Å². The molecule has 0 fully saturated rings. The van der Waals surface area contributed by atoms with Crippen molar-refractivity contribution in [2.24, 2.45) is 0 Å². The summed E-state index contributed by atoms with van der Waals surface area (Å²) in [6.45, 7) is 3.87. The quantitative estimate of drug-likeness (QED) is 0.0200. The second kappa shape index (κ2) is 39.1. The van der Waals surface area contributed by atoms with Crippen molar-refractivity contribution in [3.05, 3.63) is 109 Å². The molecule has 2 atom stereocenters. The van der Waals surface area contributed by atoms with Crippen LogP contribution in [0.3, 0.4) is 0 Å². The van der Waals surface area contributed by atoms with Crippen LogP contribution in [-0.4, -0.2) is 70.0 Å². The van der Waals surface area contributed by atoms with Crippen molar-refractivity contribution >= 4 is 19.8 Å². The molecule has 0 N–H and O–H groups in total. The van der Waals surface area contributed by atoms with Gasteiger partial charge in [0.2, 0.25) is 0 Å². The van der Waals surface area contributed by atoms with Gasteiger partial charge in [-0.3, -0.25) is 14.2 Å². The largest absolute Gasteiger partial charge is 0.756 e. The van der Waals surface area contributed by atoms with Crippen LogP contribution in [0.15, 0.2) is 109 Å². The molecule has 0 saturated heterocycles. The van der Waals surface area contributed by atoms with Crippen LogP contribution in [0, 0.1) is 0 Å². The number of hydrogen-bond acceptors (Lipinski definition) is 8. The zero-order valence-corrected chi connectivity index (χ0v) is 37.6. The number of unbranched alkanes of at least 4 members (excludes halogenated alkanes) is 5. The number of carbonyl (C=O) groups excluding carboxylic acids is 2. The van der Waals surface area contributed by atoms with E-state index in [1.165, 1.54) is 0 Å². The lowest BCUT2D eigenvalue weighted by Gasteiger charge is -2.28. The Morgan fingerprint density at radius 3 is 1.38 bits per heavy atom. The van der Waals surface area contributed by atoms with Crippen molar-refractivity contribution in [1.29, 1.82) is 0 Å². The van der Waals surface area contributed by atoms with Gasteiger partial charge in [0.25, 0.3) is 7.82 Å². The third-order valence-corrected chi connectivity index (χ3v) is 9.25. The molecule has 58 heavy (non-hydrogen) atoms. The molecule has 0 aromatic heterocycles. The Kier molecular flexibility index (Phi) is 36.9. The Labute approximate surface area is 353 Å². The SMILES string of the molecule is CC/C=C/C/C=C/C/C=C/C/C=C/C/C=C/CCCCCC(=O)O[C@H](COC(=O)CCCC/C=C/C/C=C/C/C=C/C/C=C/CC)COP(=O)([O-])OCC[N+](C)(C)C. The Morgan fingerprint density at radius 1 is 0.534 bits per heavy atom. The first-order valence-electron chi connectivity index (χ1n) is 21.6. The van der Waals surface area contributed by atoms with E-state index in [1.807, 2.05) is 21.1 Å². The number of phosphoric ester groups is 1. The molecule has 0 radical (unpaired) electrons. The Bertz CT molecular complexity index is 1350. The van der Waals surface area contributed by atoms with Gasteiger partial charge in [-0.15, -0.1) is 0 Å². The maximum Gasteiger partial charge on any atom is 0.306 e. The monoisotopic (exact) mass is 828 g/mol. The molecule has 0 bridgehead atoms. The van der Waals surface area contributed by atoms with E-state index in [0.29, 0.717) is 23.9 Å². The standard InChI is InChI=1S/C48H78NO8P/c1-6-8-10-12-14-16-18-20-22-23-24-25-27-29-31-33-35-37-39-41-48(51)57-46(45-56-58(52,53)55-43-42-49(3,4)5)44-54-47(50)40-38-36-34-32-30-28-26-21-19-17-15-13-11-9-7-2/h8-11,14-17,20-22,24-26,29-32,46H,6-7,12-13,18-19,23,27-28,33-45H2,1-5H3/b10-8+,11-9+,16-14+,17-15+,22-20+,25-24+,26-21+,31-29+,32-30+/t46-/m1/s1. The predicted octanol–water partition coefficient (Wildman–Crippen LogP) is 11.7. The van der Waals surface area contributed by atoms with Gasteiger partial charge >= 0.3 is 11.9 Å². The molecule has 0 aliphatic carbocycles.